The van der Waals surface area contributed by atoms with Gasteiger partial charge in [-0.3, -0.25) is 4.79 Å². The third-order valence-corrected chi connectivity index (χ3v) is 4.85. The summed E-state index contributed by atoms with van der Waals surface area (Å²) in [6.45, 7) is 4.30. The van der Waals surface area contributed by atoms with E-state index in [1.807, 2.05) is 37.3 Å². The third-order valence-electron chi connectivity index (χ3n) is 3.82. The van der Waals surface area contributed by atoms with Crippen molar-refractivity contribution in [2.75, 3.05) is 6.61 Å². The van der Waals surface area contributed by atoms with Crippen molar-refractivity contribution in [3.05, 3.63) is 57.4 Å². The van der Waals surface area contributed by atoms with Crippen LogP contribution in [-0.4, -0.2) is 12.6 Å². The van der Waals surface area contributed by atoms with Crippen molar-refractivity contribution in [1.82, 2.24) is 0 Å². The van der Waals surface area contributed by atoms with Crippen molar-refractivity contribution in [3.63, 3.8) is 0 Å². The molecule has 0 aliphatic heterocycles. The minimum Gasteiger partial charge on any atom is -0.466 e. The topological polar surface area (TPSA) is 39.4 Å². The van der Waals surface area contributed by atoms with Crippen LogP contribution in [0, 0.1) is 10.7 Å². The fourth-order valence-electron chi connectivity index (χ4n) is 2.56. The number of aryl methyl sites for hydroxylation is 1. The summed E-state index contributed by atoms with van der Waals surface area (Å²) in [5, 5.41) is 1.14. The molecule has 0 amide bonds. The standard InChI is InChI=1S/C19H17IO3/c1-3-22-18(21)10-13-4-6-14(7-5-13)15-8-9-17-16(11-15)12(2)19(20)23-17/h4-9,11H,3,10H2,1-2H3. The van der Waals surface area contributed by atoms with E-state index in [-0.39, 0.29) is 5.97 Å². The molecular formula is C19H17IO3. The fourth-order valence-corrected chi connectivity index (χ4v) is 3.09. The van der Waals surface area contributed by atoms with Crippen molar-refractivity contribution >= 4 is 39.5 Å². The molecule has 118 valence electrons. The zero-order valence-electron chi connectivity index (χ0n) is 13.1. The molecule has 3 rings (SSSR count). The van der Waals surface area contributed by atoms with Crippen LogP contribution in [0.2, 0.25) is 0 Å². The van der Waals surface area contributed by atoms with Crippen LogP contribution in [0.5, 0.6) is 0 Å². The lowest BCUT2D eigenvalue weighted by atomic mass is 10.0. The van der Waals surface area contributed by atoms with Crippen molar-refractivity contribution in [2.24, 2.45) is 0 Å². The second-order valence-corrected chi connectivity index (χ2v) is 6.37. The summed E-state index contributed by atoms with van der Waals surface area (Å²) in [5.74, 6) is -0.190. The summed E-state index contributed by atoms with van der Waals surface area (Å²) in [4.78, 5) is 11.5. The number of benzene rings is 2. The highest BCUT2D eigenvalue weighted by Crippen LogP contribution is 2.30. The lowest BCUT2D eigenvalue weighted by Crippen LogP contribution is -2.07. The van der Waals surface area contributed by atoms with Gasteiger partial charge in [0, 0.05) is 10.9 Å². The quantitative estimate of drug-likeness (QED) is 0.435. The Morgan fingerprint density at radius 1 is 1.13 bits per heavy atom. The summed E-state index contributed by atoms with van der Waals surface area (Å²) in [5.41, 5.74) is 5.30. The highest BCUT2D eigenvalue weighted by molar-refractivity contribution is 14.1. The number of hydrogen-bond acceptors (Lipinski definition) is 3. The predicted molar refractivity (Wildman–Crippen MR) is 99.4 cm³/mol. The molecule has 0 unspecified atom stereocenters. The van der Waals surface area contributed by atoms with E-state index < -0.39 is 0 Å². The van der Waals surface area contributed by atoms with E-state index in [9.17, 15) is 4.79 Å². The minimum absolute atomic E-state index is 0.190. The summed E-state index contributed by atoms with van der Waals surface area (Å²) in [6, 6.07) is 14.2. The maximum absolute atomic E-state index is 11.5. The van der Waals surface area contributed by atoms with E-state index in [1.165, 1.54) is 5.56 Å². The summed E-state index contributed by atoms with van der Waals surface area (Å²) >= 11 is 2.22. The molecule has 0 bridgehead atoms. The normalized spacial score (nSPS) is 10.9. The molecule has 0 fully saturated rings. The van der Waals surface area contributed by atoms with Gasteiger partial charge in [0.25, 0.3) is 0 Å². The Bertz CT molecular complexity index is 847. The molecule has 4 heteroatoms. The minimum atomic E-state index is -0.190. The van der Waals surface area contributed by atoms with E-state index in [0.717, 1.165) is 31.4 Å². The highest BCUT2D eigenvalue weighted by atomic mass is 127. The van der Waals surface area contributed by atoms with E-state index in [2.05, 4.69) is 41.6 Å². The van der Waals surface area contributed by atoms with Crippen LogP contribution in [0.4, 0.5) is 0 Å². The van der Waals surface area contributed by atoms with Crippen LogP contribution in [0.25, 0.3) is 22.1 Å². The van der Waals surface area contributed by atoms with E-state index in [4.69, 9.17) is 9.15 Å². The van der Waals surface area contributed by atoms with Crippen molar-refractivity contribution < 1.29 is 13.9 Å². The summed E-state index contributed by atoms with van der Waals surface area (Å²) in [6.07, 6.45) is 0.312. The van der Waals surface area contributed by atoms with Crippen LogP contribution < -0.4 is 0 Å². The molecule has 0 saturated carbocycles. The molecule has 0 aliphatic carbocycles. The second kappa shape index (κ2) is 6.74. The number of hydrogen-bond donors (Lipinski definition) is 0. The number of ether oxygens (including phenoxy) is 1. The number of halogens is 1. The molecule has 0 atom stereocenters. The average Bonchev–Trinajstić information content (AvgIpc) is 2.83. The van der Waals surface area contributed by atoms with Crippen LogP contribution in [0.3, 0.4) is 0 Å². The molecule has 0 N–H and O–H groups in total. The van der Waals surface area contributed by atoms with E-state index in [1.54, 1.807) is 0 Å². The lowest BCUT2D eigenvalue weighted by molar-refractivity contribution is -0.142. The Kier molecular flexibility index (Phi) is 4.71. The van der Waals surface area contributed by atoms with Gasteiger partial charge in [0.15, 0.2) is 3.77 Å². The first-order chi connectivity index (χ1) is 11.1. The number of rotatable bonds is 4. The van der Waals surface area contributed by atoms with Gasteiger partial charge >= 0.3 is 5.97 Å². The molecular weight excluding hydrogens is 403 g/mol. The van der Waals surface area contributed by atoms with Crippen LogP contribution >= 0.6 is 22.6 Å². The largest absolute Gasteiger partial charge is 0.466 e. The summed E-state index contributed by atoms with van der Waals surface area (Å²) < 4.78 is 11.6. The van der Waals surface area contributed by atoms with Gasteiger partial charge in [0.05, 0.1) is 13.0 Å². The first-order valence-corrected chi connectivity index (χ1v) is 8.60. The van der Waals surface area contributed by atoms with Crippen LogP contribution in [-0.2, 0) is 16.0 Å². The number of furan rings is 1. The number of carbonyl (C=O) groups excluding carboxylic acids is 1. The van der Waals surface area contributed by atoms with E-state index >= 15 is 0 Å². The van der Waals surface area contributed by atoms with Gasteiger partial charge < -0.3 is 9.15 Å². The first kappa shape index (κ1) is 16.1. The molecule has 2 aromatic carbocycles. The van der Waals surface area contributed by atoms with Gasteiger partial charge in [-0.05, 0) is 65.3 Å². The zero-order valence-corrected chi connectivity index (χ0v) is 15.2. The number of carbonyl (C=O) groups is 1. The van der Waals surface area contributed by atoms with Gasteiger partial charge in [0.2, 0.25) is 0 Å². The Morgan fingerprint density at radius 3 is 2.52 bits per heavy atom. The van der Waals surface area contributed by atoms with Crippen LogP contribution in [0.1, 0.15) is 18.1 Å². The maximum Gasteiger partial charge on any atom is 0.310 e. The molecule has 1 aromatic heterocycles. The maximum atomic E-state index is 11.5. The zero-order chi connectivity index (χ0) is 16.4. The van der Waals surface area contributed by atoms with Crippen molar-refractivity contribution in [3.8, 4) is 11.1 Å². The summed E-state index contributed by atoms with van der Waals surface area (Å²) in [7, 11) is 0. The molecule has 3 nitrogen and oxygen atoms in total. The number of esters is 1. The highest BCUT2D eigenvalue weighted by Gasteiger charge is 2.10. The van der Waals surface area contributed by atoms with E-state index in [0.29, 0.717) is 13.0 Å². The monoisotopic (exact) mass is 420 g/mol. The first-order valence-electron chi connectivity index (χ1n) is 7.52. The molecule has 3 aromatic rings. The molecule has 0 radical (unpaired) electrons. The Hall–Kier alpha value is -1.82. The van der Waals surface area contributed by atoms with Crippen LogP contribution in [0.15, 0.2) is 46.9 Å². The second-order valence-electron chi connectivity index (χ2n) is 5.39. The molecule has 0 aliphatic rings. The van der Waals surface area contributed by atoms with Crippen molar-refractivity contribution in [1.29, 1.82) is 0 Å². The fraction of sp³-hybridized carbons (Fsp3) is 0.211. The van der Waals surface area contributed by atoms with Gasteiger partial charge in [-0.25, -0.2) is 0 Å². The van der Waals surface area contributed by atoms with Gasteiger partial charge in [-0.2, -0.15) is 0 Å². The lowest BCUT2D eigenvalue weighted by Gasteiger charge is -2.05. The molecule has 23 heavy (non-hydrogen) atoms. The Balaban J connectivity index is 1.87. The smallest absolute Gasteiger partial charge is 0.310 e. The predicted octanol–water partition coefficient (Wildman–Crippen LogP) is 5.12. The molecule has 1 heterocycles. The Labute approximate surface area is 148 Å². The Morgan fingerprint density at radius 2 is 1.83 bits per heavy atom. The van der Waals surface area contributed by atoms with Crippen molar-refractivity contribution in [2.45, 2.75) is 20.3 Å². The molecule has 0 saturated heterocycles. The van der Waals surface area contributed by atoms with Gasteiger partial charge in [-0.1, -0.05) is 30.3 Å². The van der Waals surface area contributed by atoms with Gasteiger partial charge in [0.1, 0.15) is 5.58 Å². The SMILES string of the molecule is CCOC(=O)Cc1ccc(-c2ccc3oc(I)c(C)c3c2)cc1. The number of fused-ring (bicyclic) bond motifs is 1. The molecule has 0 spiro atoms. The average molecular weight is 420 g/mol. The third kappa shape index (κ3) is 3.42. The van der Waals surface area contributed by atoms with Gasteiger partial charge in [-0.15, -0.1) is 0 Å².